The molecule has 0 aromatic heterocycles. The van der Waals surface area contributed by atoms with Gasteiger partial charge in [-0.15, -0.1) is 0 Å². The second-order valence-electron chi connectivity index (χ2n) is 2.13. The van der Waals surface area contributed by atoms with E-state index in [-0.39, 0.29) is 0 Å². The van der Waals surface area contributed by atoms with Crippen molar-refractivity contribution in [2.75, 3.05) is 0 Å². The summed E-state index contributed by atoms with van der Waals surface area (Å²) >= 11 is 22.5. The van der Waals surface area contributed by atoms with Crippen molar-refractivity contribution in [2.45, 2.75) is 0 Å². The van der Waals surface area contributed by atoms with E-state index in [4.69, 9.17) is 46.4 Å². The van der Waals surface area contributed by atoms with Crippen LogP contribution in [0, 0.1) is 0 Å². The van der Waals surface area contributed by atoms with Crippen molar-refractivity contribution >= 4 is 46.4 Å². The second-order valence-corrected chi connectivity index (χ2v) is 3.70. The van der Waals surface area contributed by atoms with Gasteiger partial charge in [0.05, 0.1) is 20.1 Å². The highest BCUT2D eigenvalue weighted by atomic mass is 35.5. The predicted octanol–water partition coefficient (Wildman–Crippen LogP) is 5.66. The van der Waals surface area contributed by atoms with Crippen LogP contribution in [0.3, 0.4) is 0 Å². The molecule has 4 heteroatoms. The minimum Gasteiger partial charge on any atom is -0.0991 e. The number of allylic oxidation sites excluding steroid dienone is 2. The summed E-state index contributed by atoms with van der Waals surface area (Å²) < 4.78 is 0. The van der Waals surface area contributed by atoms with Crippen LogP contribution in [0.4, 0.5) is 0 Å². The molecule has 0 aliphatic heterocycles. The molecule has 0 aliphatic rings. The first kappa shape index (κ1) is 13.9. The summed E-state index contributed by atoms with van der Waals surface area (Å²) in [5, 5.41) is 1.43. The van der Waals surface area contributed by atoms with Gasteiger partial charge in [0.2, 0.25) is 0 Å². The number of rotatable bonds is 1. The van der Waals surface area contributed by atoms with Gasteiger partial charge in [0, 0.05) is 0 Å². The molecular weight excluding hydrogens is 262 g/mol. The quantitative estimate of drug-likeness (QED) is 0.351. The molecule has 0 amide bonds. The highest BCUT2D eigenvalue weighted by molar-refractivity contribution is 6.51. The largest absolute Gasteiger partial charge is 0.0991 e. The Morgan fingerprint density at radius 1 is 0.786 bits per heavy atom. The van der Waals surface area contributed by atoms with E-state index in [0.717, 1.165) is 0 Å². The molecule has 0 fully saturated rings. The van der Waals surface area contributed by atoms with Gasteiger partial charge in [-0.1, -0.05) is 71.7 Å². The number of hydrogen-bond acceptors (Lipinski definition) is 0. The van der Waals surface area contributed by atoms with Crippen LogP contribution in [0.15, 0.2) is 37.4 Å². The lowest BCUT2D eigenvalue weighted by atomic mass is 10.4. The Hall–Kier alpha value is -0.140. The second kappa shape index (κ2) is 7.19. The predicted molar refractivity (Wildman–Crippen MR) is 66.9 cm³/mol. The van der Waals surface area contributed by atoms with E-state index in [1.165, 1.54) is 0 Å². The molecule has 0 nitrogen and oxygen atoms in total. The van der Waals surface area contributed by atoms with Crippen molar-refractivity contribution in [3.8, 4) is 0 Å². The molecular formula is C10H8Cl4. The molecule has 0 saturated heterocycles. The van der Waals surface area contributed by atoms with Crippen molar-refractivity contribution in [2.24, 2.45) is 0 Å². The van der Waals surface area contributed by atoms with E-state index in [1.54, 1.807) is 24.3 Å². The maximum atomic E-state index is 5.63. The molecule has 0 saturated carbocycles. The van der Waals surface area contributed by atoms with E-state index in [9.17, 15) is 0 Å². The maximum absolute atomic E-state index is 5.63. The van der Waals surface area contributed by atoms with Crippen LogP contribution in [0.5, 0.6) is 0 Å². The van der Waals surface area contributed by atoms with E-state index in [0.29, 0.717) is 20.1 Å². The van der Waals surface area contributed by atoms with Crippen molar-refractivity contribution in [3.63, 3.8) is 0 Å². The molecule has 0 unspecified atom stereocenters. The van der Waals surface area contributed by atoms with Gasteiger partial charge in [0.1, 0.15) is 0 Å². The van der Waals surface area contributed by atoms with Gasteiger partial charge in [-0.3, -0.25) is 0 Å². The molecule has 0 atom stereocenters. The molecule has 0 N–H and O–H groups in total. The Morgan fingerprint density at radius 3 is 1.29 bits per heavy atom. The summed E-state index contributed by atoms with van der Waals surface area (Å²) in [6.45, 7) is 6.72. The number of hydrogen-bond donors (Lipinski definition) is 0. The third-order valence-electron chi connectivity index (χ3n) is 1.15. The average molecular weight is 270 g/mol. The molecule has 0 spiro atoms. The third kappa shape index (κ3) is 4.39. The SMILES string of the molecule is C=CC=C.Clc1ccc(Cl)c(Cl)c1Cl. The Morgan fingerprint density at radius 2 is 1.07 bits per heavy atom. The van der Waals surface area contributed by atoms with E-state index >= 15 is 0 Å². The van der Waals surface area contributed by atoms with Gasteiger partial charge < -0.3 is 0 Å². The van der Waals surface area contributed by atoms with Gasteiger partial charge >= 0.3 is 0 Å². The van der Waals surface area contributed by atoms with Gasteiger partial charge in [-0.2, -0.15) is 0 Å². The smallest absolute Gasteiger partial charge is 0.0793 e. The maximum Gasteiger partial charge on any atom is 0.0793 e. The highest BCUT2D eigenvalue weighted by Crippen LogP contribution is 2.34. The van der Waals surface area contributed by atoms with Crippen LogP contribution in [-0.2, 0) is 0 Å². The zero-order chi connectivity index (χ0) is 11.1. The summed E-state index contributed by atoms with van der Waals surface area (Å²) in [7, 11) is 0. The van der Waals surface area contributed by atoms with Crippen LogP contribution in [0.1, 0.15) is 0 Å². The molecule has 1 aromatic rings. The normalized spacial score (nSPS) is 8.57. The van der Waals surface area contributed by atoms with Crippen molar-refractivity contribution in [1.82, 2.24) is 0 Å². The Bertz CT molecular complexity index is 298. The minimum atomic E-state index is 0.302. The molecule has 0 heterocycles. The standard InChI is InChI=1S/C6H2Cl4.C4H6/c7-3-1-2-4(8)6(10)5(3)9;1-3-4-2/h1-2H;3-4H,1-2H2. The summed E-state index contributed by atoms with van der Waals surface area (Å²) in [5.41, 5.74) is 0. The fraction of sp³-hybridized carbons (Fsp3) is 0. The van der Waals surface area contributed by atoms with Gasteiger partial charge in [0.15, 0.2) is 0 Å². The molecule has 0 aliphatic carbocycles. The first-order valence-corrected chi connectivity index (χ1v) is 5.08. The lowest BCUT2D eigenvalue weighted by Crippen LogP contribution is -1.71. The average Bonchev–Trinajstić information content (AvgIpc) is 2.21. The minimum absolute atomic E-state index is 0.302. The third-order valence-corrected chi connectivity index (χ3v) is 2.86. The summed E-state index contributed by atoms with van der Waals surface area (Å²) in [6.07, 6.45) is 3.28. The van der Waals surface area contributed by atoms with E-state index < -0.39 is 0 Å². The topological polar surface area (TPSA) is 0 Å². The van der Waals surface area contributed by atoms with Crippen LogP contribution in [0.2, 0.25) is 20.1 Å². The summed E-state index contributed by atoms with van der Waals surface area (Å²) in [6, 6.07) is 3.19. The molecule has 0 bridgehead atoms. The Labute approximate surface area is 104 Å². The zero-order valence-electron chi connectivity index (χ0n) is 7.24. The van der Waals surface area contributed by atoms with Crippen molar-refractivity contribution < 1.29 is 0 Å². The molecule has 76 valence electrons. The Kier molecular flexibility index (Phi) is 7.12. The van der Waals surface area contributed by atoms with Crippen LogP contribution in [0.25, 0.3) is 0 Å². The lowest BCUT2D eigenvalue weighted by Gasteiger charge is -1.98. The summed E-state index contributed by atoms with van der Waals surface area (Å²) in [4.78, 5) is 0. The van der Waals surface area contributed by atoms with Crippen LogP contribution >= 0.6 is 46.4 Å². The fourth-order valence-electron chi connectivity index (χ4n) is 0.502. The number of benzene rings is 1. The number of halogens is 4. The van der Waals surface area contributed by atoms with Gasteiger partial charge in [-0.25, -0.2) is 0 Å². The summed E-state index contributed by atoms with van der Waals surface area (Å²) in [5.74, 6) is 0. The van der Waals surface area contributed by atoms with E-state index in [1.807, 2.05) is 0 Å². The first-order valence-electron chi connectivity index (χ1n) is 3.57. The lowest BCUT2D eigenvalue weighted by molar-refractivity contribution is 1.70. The monoisotopic (exact) mass is 268 g/mol. The van der Waals surface area contributed by atoms with Crippen LogP contribution in [-0.4, -0.2) is 0 Å². The molecule has 0 radical (unpaired) electrons. The van der Waals surface area contributed by atoms with E-state index in [2.05, 4.69) is 13.2 Å². The zero-order valence-corrected chi connectivity index (χ0v) is 10.3. The first-order chi connectivity index (χ1) is 6.54. The van der Waals surface area contributed by atoms with Gasteiger partial charge in [0.25, 0.3) is 0 Å². The Balaban J connectivity index is 0.000000364. The molecule has 1 aromatic carbocycles. The highest BCUT2D eigenvalue weighted by Gasteiger charge is 2.05. The van der Waals surface area contributed by atoms with Crippen LogP contribution < -0.4 is 0 Å². The molecule has 14 heavy (non-hydrogen) atoms. The fourth-order valence-corrected chi connectivity index (χ4v) is 1.24. The van der Waals surface area contributed by atoms with Gasteiger partial charge in [-0.05, 0) is 12.1 Å². The molecule has 1 rings (SSSR count). The van der Waals surface area contributed by atoms with Crippen molar-refractivity contribution in [3.05, 3.63) is 57.5 Å². The van der Waals surface area contributed by atoms with Crippen molar-refractivity contribution in [1.29, 1.82) is 0 Å².